The van der Waals surface area contributed by atoms with Crippen LogP contribution in [-0.2, 0) is 38.3 Å². The number of cyclic esters (lactones) is 1. The van der Waals surface area contributed by atoms with Crippen LogP contribution >= 0.6 is 0 Å². The summed E-state index contributed by atoms with van der Waals surface area (Å²) in [4.78, 5) is 86.2. The SMILES string of the molecule is CC(=O)CC[C@H]1C(=O)N[C@@H](C(C)C)C(=O)NC(c2cccc(O)c2)C(=O)N2CCCC(N2)C(=O)O[C@H](/C(C)=C/C=C/C(=O)N2CCCCO2)C/C=C/C=C/C[C@H](C)[C@H]1O. The summed E-state index contributed by atoms with van der Waals surface area (Å²) < 4.78 is 6.06. The molecule has 2 unspecified atom stereocenters. The lowest BCUT2D eigenvalue weighted by Crippen LogP contribution is -2.59. The summed E-state index contributed by atoms with van der Waals surface area (Å²) in [6.07, 6.45) is 13.4. The van der Waals surface area contributed by atoms with Crippen LogP contribution in [0.25, 0.3) is 0 Å². The normalized spacial score (nSPS) is 28.5. The summed E-state index contributed by atoms with van der Waals surface area (Å²) >= 11 is 0. The fraction of sp³-hybridized carbons (Fsp3) is 0.545. The van der Waals surface area contributed by atoms with Gasteiger partial charge in [0.05, 0.1) is 18.6 Å². The van der Waals surface area contributed by atoms with Gasteiger partial charge in [-0.15, -0.1) is 0 Å². The molecule has 1 aromatic rings. The van der Waals surface area contributed by atoms with Crippen LogP contribution in [0.1, 0.15) is 97.6 Å². The van der Waals surface area contributed by atoms with E-state index < -0.39 is 71.8 Å². The number of ketones is 1. The molecule has 15 nitrogen and oxygen atoms in total. The number of allylic oxidation sites excluding steroid dienone is 5. The number of aliphatic hydroxyl groups is 1. The van der Waals surface area contributed by atoms with Gasteiger partial charge in [0.2, 0.25) is 11.8 Å². The topological polar surface area (TPSA) is 204 Å². The summed E-state index contributed by atoms with van der Waals surface area (Å²) in [5, 5.41) is 30.0. The Morgan fingerprint density at radius 1 is 0.983 bits per heavy atom. The first-order valence-corrected chi connectivity index (χ1v) is 20.6. The molecule has 0 saturated carbocycles. The predicted octanol–water partition coefficient (Wildman–Crippen LogP) is 4.04. The van der Waals surface area contributed by atoms with Gasteiger partial charge in [0.15, 0.2) is 0 Å². The highest BCUT2D eigenvalue weighted by atomic mass is 16.7. The van der Waals surface area contributed by atoms with Crippen molar-refractivity contribution in [3.05, 3.63) is 77.9 Å². The summed E-state index contributed by atoms with van der Waals surface area (Å²) in [6.45, 7) is 9.64. The molecule has 0 aliphatic carbocycles. The molecular weight excluding hydrogens is 759 g/mol. The van der Waals surface area contributed by atoms with Crippen molar-refractivity contribution in [3.8, 4) is 5.75 Å². The molecule has 3 aliphatic rings. The number of aromatic hydroxyl groups is 1. The lowest BCUT2D eigenvalue weighted by atomic mass is 9.85. The van der Waals surface area contributed by atoms with Crippen molar-refractivity contribution in [1.29, 1.82) is 0 Å². The fourth-order valence-corrected chi connectivity index (χ4v) is 7.09. The second-order valence-electron chi connectivity index (χ2n) is 15.9. The van der Waals surface area contributed by atoms with E-state index in [9.17, 15) is 39.0 Å². The van der Waals surface area contributed by atoms with Gasteiger partial charge in [-0.1, -0.05) is 69.4 Å². The van der Waals surface area contributed by atoms with Gasteiger partial charge in [-0.25, -0.2) is 10.5 Å². The average molecular weight is 820 g/mol. The summed E-state index contributed by atoms with van der Waals surface area (Å²) in [7, 11) is 0. The molecule has 4 amide bonds. The number of hydrogen-bond donors (Lipinski definition) is 5. The summed E-state index contributed by atoms with van der Waals surface area (Å²) in [5.41, 5.74) is 3.92. The Morgan fingerprint density at radius 2 is 1.73 bits per heavy atom. The predicted molar refractivity (Wildman–Crippen MR) is 219 cm³/mol. The third-order valence-electron chi connectivity index (χ3n) is 10.7. The van der Waals surface area contributed by atoms with E-state index in [1.54, 1.807) is 58.1 Å². The van der Waals surface area contributed by atoms with Crippen molar-refractivity contribution in [2.45, 2.75) is 116 Å². The van der Waals surface area contributed by atoms with Crippen LogP contribution in [0.5, 0.6) is 5.75 Å². The maximum absolute atomic E-state index is 14.3. The first kappa shape index (κ1) is 46.6. The molecule has 0 aromatic heterocycles. The zero-order chi connectivity index (χ0) is 43.1. The van der Waals surface area contributed by atoms with Crippen molar-refractivity contribution < 1.29 is 48.6 Å². The molecule has 2 fully saturated rings. The second-order valence-corrected chi connectivity index (χ2v) is 15.9. The van der Waals surface area contributed by atoms with Crippen molar-refractivity contribution in [2.24, 2.45) is 17.8 Å². The number of nitrogens with zero attached hydrogens (tertiary/aromatic N) is 2. The van der Waals surface area contributed by atoms with Gasteiger partial charge in [-0.2, -0.15) is 0 Å². The number of hydroxylamine groups is 2. The number of aliphatic hydroxyl groups excluding tert-OH is 1. The number of carbonyl (C=O) groups excluding carboxylic acids is 6. The van der Waals surface area contributed by atoms with Crippen molar-refractivity contribution >= 4 is 35.4 Å². The highest BCUT2D eigenvalue weighted by Gasteiger charge is 2.38. The van der Waals surface area contributed by atoms with Crippen molar-refractivity contribution in [2.75, 3.05) is 19.7 Å². The molecule has 2 bridgehead atoms. The number of benzene rings is 1. The van der Waals surface area contributed by atoms with Crippen LogP contribution in [0.15, 0.2) is 72.4 Å². The van der Waals surface area contributed by atoms with Crippen LogP contribution in [-0.4, -0.2) is 99.7 Å². The maximum atomic E-state index is 14.3. The van der Waals surface area contributed by atoms with E-state index in [0.29, 0.717) is 38.0 Å². The molecular formula is C44H61N5O10. The molecule has 322 valence electrons. The van der Waals surface area contributed by atoms with E-state index >= 15 is 0 Å². The molecule has 2 saturated heterocycles. The lowest BCUT2D eigenvalue weighted by Gasteiger charge is -2.36. The van der Waals surface area contributed by atoms with Crippen LogP contribution < -0.4 is 16.1 Å². The average Bonchev–Trinajstić information content (AvgIpc) is 3.21. The van der Waals surface area contributed by atoms with E-state index in [-0.39, 0.29) is 48.8 Å². The molecule has 7 atom stereocenters. The van der Waals surface area contributed by atoms with Gasteiger partial charge in [-0.05, 0) is 87.5 Å². The van der Waals surface area contributed by atoms with Crippen LogP contribution in [0.3, 0.4) is 0 Å². The number of hydrazine groups is 1. The van der Waals surface area contributed by atoms with Crippen molar-refractivity contribution in [1.82, 2.24) is 26.1 Å². The maximum Gasteiger partial charge on any atom is 0.325 e. The van der Waals surface area contributed by atoms with E-state index in [1.807, 2.05) is 12.2 Å². The van der Waals surface area contributed by atoms with E-state index in [1.165, 1.54) is 41.3 Å². The zero-order valence-corrected chi connectivity index (χ0v) is 34.8. The van der Waals surface area contributed by atoms with E-state index in [0.717, 1.165) is 12.8 Å². The Labute approximate surface area is 346 Å². The number of phenolic OH excluding ortho intramolecular Hbond substituents is 1. The Bertz CT molecular complexity index is 1770. The van der Waals surface area contributed by atoms with Crippen LogP contribution in [0.4, 0.5) is 0 Å². The molecule has 3 heterocycles. The first-order valence-electron chi connectivity index (χ1n) is 20.6. The fourth-order valence-electron chi connectivity index (χ4n) is 7.09. The molecule has 1 aromatic carbocycles. The van der Waals surface area contributed by atoms with Gasteiger partial charge in [-0.3, -0.25) is 33.8 Å². The minimum absolute atomic E-state index is 0.0510. The van der Waals surface area contributed by atoms with Crippen molar-refractivity contribution in [3.63, 3.8) is 0 Å². The number of carbonyl (C=O) groups is 6. The number of fused-ring (bicyclic) bond motifs is 2. The Hall–Kier alpha value is -5.12. The number of rotatable bonds is 8. The highest BCUT2D eigenvalue weighted by molar-refractivity contribution is 5.93. The standard InChI is InChI=1S/C44H61N5O10/c1-28(2)38-42(55)46-39(32-17-13-18-33(51)27-32)43(56)48-24-14-19-35(47-48)44(57)59-36(29(3)16-12-21-37(52)49-25-10-11-26-58-49)20-9-7-6-8-15-30(4)40(53)34(41(54)45-38)23-22-31(5)50/h6-9,12-13,16-18,21,27-28,30,34-36,38-40,47,51,53H,10-11,14-15,19-20,22-26H2,1-5H3,(H,45,54)(H,46,55)/b8-6+,9-7+,21-12+,29-16+/t30-,34+,35?,36-,38-,39?,40+/m0/s1. The number of nitrogens with one attached hydrogen (secondary N) is 3. The Kier molecular flexibility index (Phi) is 18.1. The van der Waals surface area contributed by atoms with Crippen LogP contribution in [0, 0.1) is 17.8 Å². The minimum atomic E-state index is -1.34. The monoisotopic (exact) mass is 819 g/mol. The first-order chi connectivity index (χ1) is 28.2. The molecule has 4 rings (SSSR count). The lowest BCUT2D eigenvalue weighted by molar-refractivity contribution is -0.191. The van der Waals surface area contributed by atoms with Gasteiger partial charge >= 0.3 is 5.97 Å². The highest BCUT2D eigenvalue weighted by Crippen LogP contribution is 2.25. The quantitative estimate of drug-likeness (QED) is 0.144. The molecule has 59 heavy (non-hydrogen) atoms. The largest absolute Gasteiger partial charge is 0.508 e. The molecule has 0 radical (unpaired) electrons. The van der Waals surface area contributed by atoms with Gasteiger partial charge in [0, 0.05) is 32.0 Å². The Balaban J connectivity index is 1.69. The number of Topliss-reactive ketones (excluding diaryl/α,β-unsaturated/α-hetero) is 1. The molecule has 15 heteroatoms. The number of hydrogen-bond acceptors (Lipinski definition) is 11. The van der Waals surface area contributed by atoms with Crippen LogP contribution in [0.2, 0.25) is 0 Å². The third kappa shape index (κ3) is 14.0. The smallest absolute Gasteiger partial charge is 0.325 e. The molecule has 5 N–H and O–H groups in total. The number of phenols is 1. The second kappa shape index (κ2) is 22.9. The molecule has 3 aliphatic heterocycles. The number of ether oxygens (including phenoxy) is 1. The zero-order valence-electron chi connectivity index (χ0n) is 34.8. The third-order valence-corrected chi connectivity index (χ3v) is 10.7. The van der Waals surface area contributed by atoms with E-state index in [2.05, 4.69) is 16.1 Å². The summed E-state index contributed by atoms with van der Waals surface area (Å²) in [6, 6.07) is 2.49. The van der Waals surface area contributed by atoms with Gasteiger partial charge < -0.3 is 30.4 Å². The molecule has 0 spiro atoms. The summed E-state index contributed by atoms with van der Waals surface area (Å²) in [5.74, 6) is -4.96. The van der Waals surface area contributed by atoms with E-state index in [4.69, 9.17) is 9.57 Å². The van der Waals surface area contributed by atoms with Gasteiger partial charge in [0.1, 0.15) is 35.8 Å². The number of amides is 4. The Morgan fingerprint density at radius 3 is 2.41 bits per heavy atom. The number of esters is 1. The van der Waals surface area contributed by atoms with Gasteiger partial charge in [0.25, 0.3) is 11.8 Å². The minimum Gasteiger partial charge on any atom is -0.508 e.